The lowest BCUT2D eigenvalue weighted by Crippen LogP contribution is -1.98. The third-order valence-corrected chi connectivity index (χ3v) is 3.04. The number of carbonyl (C=O) groups excluding carboxylic acids is 1. The Bertz CT molecular complexity index is 839. The number of tetrazole rings is 1. The quantitative estimate of drug-likeness (QED) is 0.372. The minimum atomic E-state index is -0.481. The number of aliphatic hydroxyl groups is 1. The molecule has 0 amide bonds. The molecule has 0 bridgehead atoms. The number of ketones is 1. The second kappa shape index (κ2) is 6.18. The predicted molar refractivity (Wildman–Crippen MR) is 76.9 cm³/mol. The van der Waals surface area contributed by atoms with Gasteiger partial charge < -0.3 is 5.11 Å². The van der Waals surface area contributed by atoms with Gasteiger partial charge in [0.25, 0.3) is 0 Å². The van der Waals surface area contributed by atoms with Gasteiger partial charge in [-0.25, -0.2) is 4.39 Å². The van der Waals surface area contributed by atoms with E-state index in [0.717, 1.165) is 11.6 Å². The molecule has 2 heterocycles. The summed E-state index contributed by atoms with van der Waals surface area (Å²) in [6.45, 7) is 0. The topological polar surface area (TPSA) is 120 Å². The average molecular weight is 314 g/mol. The summed E-state index contributed by atoms with van der Waals surface area (Å²) in [5.74, 6) is -1.28. The van der Waals surface area contributed by atoms with Gasteiger partial charge in [0, 0.05) is 12.5 Å². The summed E-state index contributed by atoms with van der Waals surface area (Å²) in [6.07, 6.45) is 1.42. The van der Waals surface area contributed by atoms with Gasteiger partial charge in [-0.15, -0.1) is 10.2 Å². The van der Waals surface area contributed by atoms with Crippen molar-refractivity contribution in [1.82, 2.24) is 30.8 Å². The van der Waals surface area contributed by atoms with Crippen LogP contribution in [0.2, 0.25) is 0 Å². The number of nitrogens with one attached hydrogen (secondary N) is 2. The van der Waals surface area contributed by atoms with E-state index in [1.807, 2.05) is 0 Å². The number of aromatic nitrogens is 6. The summed E-state index contributed by atoms with van der Waals surface area (Å²) < 4.78 is 12.9. The molecule has 0 radical (unpaired) electrons. The van der Waals surface area contributed by atoms with E-state index in [4.69, 9.17) is 0 Å². The van der Waals surface area contributed by atoms with Crippen LogP contribution in [0.25, 0.3) is 5.76 Å². The number of halogens is 1. The highest BCUT2D eigenvalue weighted by atomic mass is 19.1. The first-order valence-corrected chi connectivity index (χ1v) is 6.59. The van der Waals surface area contributed by atoms with Gasteiger partial charge in [-0.1, -0.05) is 12.1 Å². The summed E-state index contributed by atoms with van der Waals surface area (Å²) in [5.41, 5.74) is 1.69. The molecule has 3 N–H and O–H groups in total. The van der Waals surface area contributed by atoms with Crippen molar-refractivity contribution in [3.63, 3.8) is 0 Å². The maximum atomic E-state index is 12.9. The fourth-order valence-corrected chi connectivity index (χ4v) is 1.93. The monoisotopic (exact) mass is 314 g/mol. The van der Waals surface area contributed by atoms with Crippen LogP contribution in [0.3, 0.4) is 0 Å². The van der Waals surface area contributed by atoms with E-state index < -0.39 is 11.5 Å². The Kier molecular flexibility index (Phi) is 3.91. The highest BCUT2D eigenvalue weighted by Crippen LogP contribution is 2.11. The number of aliphatic hydroxyl groups excluding tert-OH is 1. The maximum absolute atomic E-state index is 12.9. The third kappa shape index (κ3) is 3.46. The van der Waals surface area contributed by atoms with E-state index in [1.165, 1.54) is 12.1 Å². The molecule has 3 rings (SSSR count). The van der Waals surface area contributed by atoms with Crippen LogP contribution in [0.15, 0.2) is 36.4 Å². The highest BCUT2D eigenvalue weighted by molar-refractivity contribution is 6.06. The summed E-state index contributed by atoms with van der Waals surface area (Å²) in [5, 5.41) is 28.9. The number of aromatic amines is 2. The molecule has 0 aliphatic rings. The number of nitrogens with zero attached hydrogens (tertiary/aromatic N) is 4. The molecule has 1 aromatic carbocycles. The average Bonchev–Trinajstić information content (AvgIpc) is 3.21. The van der Waals surface area contributed by atoms with Crippen molar-refractivity contribution >= 4 is 11.5 Å². The summed E-state index contributed by atoms with van der Waals surface area (Å²) >= 11 is 0. The molecule has 0 spiro atoms. The van der Waals surface area contributed by atoms with Gasteiger partial charge in [-0.05, 0) is 29.0 Å². The summed E-state index contributed by atoms with van der Waals surface area (Å²) in [7, 11) is 0. The van der Waals surface area contributed by atoms with Crippen LogP contribution in [-0.2, 0) is 6.42 Å². The minimum absolute atomic E-state index is 0.0793. The Hall–Kier alpha value is -3.36. The molecular formula is C14H11FN6O2. The van der Waals surface area contributed by atoms with Crippen molar-refractivity contribution in [3.8, 4) is 0 Å². The van der Waals surface area contributed by atoms with Crippen molar-refractivity contribution in [1.29, 1.82) is 0 Å². The van der Waals surface area contributed by atoms with Crippen LogP contribution in [0.1, 0.15) is 27.6 Å². The SMILES string of the molecule is O=C(C=C(O)c1nn[nH]n1)c1cc(Cc2ccc(F)cc2)n[nH]1. The number of hydrogen-bond donors (Lipinski definition) is 3. The normalized spacial score (nSPS) is 11.6. The molecule has 116 valence electrons. The van der Waals surface area contributed by atoms with Crippen molar-refractivity contribution < 1.29 is 14.3 Å². The number of carbonyl (C=O) groups is 1. The Labute approximate surface area is 129 Å². The highest BCUT2D eigenvalue weighted by Gasteiger charge is 2.12. The number of allylic oxidation sites excluding steroid dienone is 1. The lowest BCUT2D eigenvalue weighted by Gasteiger charge is -1.96. The van der Waals surface area contributed by atoms with Gasteiger partial charge in [0.2, 0.25) is 11.6 Å². The first-order valence-electron chi connectivity index (χ1n) is 6.59. The molecule has 0 aliphatic carbocycles. The molecular weight excluding hydrogens is 303 g/mol. The van der Waals surface area contributed by atoms with E-state index in [-0.39, 0.29) is 17.3 Å². The molecule has 23 heavy (non-hydrogen) atoms. The summed E-state index contributed by atoms with van der Waals surface area (Å²) in [4.78, 5) is 12.0. The zero-order valence-corrected chi connectivity index (χ0v) is 11.7. The smallest absolute Gasteiger partial charge is 0.239 e. The van der Waals surface area contributed by atoms with Crippen LogP contribution in [-0.4, -0.2) is 41.7 Å². The van der Waals surface area contributed by atoms with Crippen LogP contribution in [0, 0.1) is 5.82 Å². The molecule has 3 aromatic rings. The second-order valence-electron chi connectivity index (χ2n) is 4.71. The molecule has 0 fully saturated rings. The molecule has 0 saturated heterocycles. The number of H-pyrrole nitrogens is 2. The van der Waals surface area contributed by atoms with Crippen molar-refractivity contribution in [3.05, 3.63) is 65.0 Å². The van der Waals surface area contributed by atoms with E-state index in [9.17, 15) is 14.3 Å². The first-order chi connectivity index (χ1) is 11.1. The van der Waals surface area contributed by atoms with Crippen molar-refractivity contribution in [2.45, 2.75) is 6.42 Å². The molecule has 0 saturated carbocycles. The van der Waals surface area contributed by atoms with Gasteiger partial charge in [0.15, 0.2) is 5.76 Å². The van der Waals surface area contributed by atoms with Crippen molar-refractivity contribution in [2.24, 2.45) is 0 Å². The largest absolute Gasteiger partial charge is 0.504 e. The molecule has 2 aromatic heterocycles. The van der Waals surface area contributed by atoms with Gasteiger partial charge in [-0.3, -0.25) is 9.89 Å². The Morgan fingerprint density at radius 2 is 2.04 bits per heavy atom. The fraction of sp³-hybridized carbons (Fsp3) is 0.0714. The number of hydrogen-bond acceptors (Lipinski definition) is 6. The standard InChI is InChI=1S/C14H11FN6O2/c15-9-3-1-8(2-4-9)5-10-6-11(17-16-10)12(22)7-13(23)14-18-20-21-19-14/h1-4,6-7,23H,5H2,(H,16,17)(H,18,19,20,21). The van der Waals surface area contributed by atoms with Gasteiger partial charge >= 0.3 is 0 Å². The summed E-state index contributed by atoms with van der Waals surface area (Å²) in [6, 6.07) is 7.58. The molecule has 0 unspecified atom stereocenters. The zero-order chi connectivity index (χ0) is 16.2. The lowest BCUT2D eigenvalue weighted by molar-refractivity contribution is 0.104. The van der Waals surface area contributed by atoms with E-state index in [2.05, 4.69) is 30.8 Å². The Balaban J connectivity index is 1.72. The predicted octanol–water partition coefficient (Wildman–Crippen LogP) is 1.43. The number of benzene rings is 1. The minimum Gasteiger partial charge on any atom is -0.504 e. The van der Waals surface area contributed by atoms with Crippen LogP contribution in [0.5, 0.6) is 0 Å². The molecule has 9 heteroatoms. The maximum Gasteiger partial charge on any atom is 0.239 e. The van der Waals surface area contributed by atoms with Gasteiger partial charge in [0.1, 0.15) is 11.5 Å². The lowest BCUT2D eigenvalue weighted by atomic mass is 10.1. The molecule has 0 atom stereocenters. The number of rotatable bonds is 5. The van der Waals surface area contributed by atoms with E-state index >= 15 is 0 Å². The van der Waals surface area contributed by atoms with E-state index in [1.54, 1.807) is 18.2 Å². The van der Waals surface area contributed by atoms with Crippen LogP contribution < -0.4 is 0 Å². The van der Waals surface area contributed by atoms with E-state index in [0.29, 0.717) is 12.1 Å². The fourth-order valence-electron chi connectivity index (χ4n) is 1.93. The van der Waals surface area contributed by atoms with Gasteiger partial charge in [-0.2, -0.15) is 10.3 Å². The Morgan fingerprint density at radius 3 is 2.74 bits per heavy atom. The van der Waals surface area contributed by atoms with Crippen molar-refractivity contribution in [2.75, 3.05) is 0 Å². The van der Waals surface area contributed by atoms with Crippen LogP contribution in [0.4, 0.5) is 4.39 Å². The van der Waals surface area contributed by atoms with Crippen LogP contribution >= 0.6 is 0 Å². The zero-order valence-electron chi connectivity index (χ0n) is 11.7. The second-order valence-corrected chi connectivity index (χ2v) is 4.71. The molecule has 0 aliphatic heterocycles. The van der Waals surface area contributed by atoms with Gasteiger partial charge in [0.05, 0.1) is 5.69 Å². The molecule has 8 nitrogen and oxygen atoms in total. The first kappa shape index (κ1) is 14.6. The third-order valence-electron chi connectivity index (χ3n) is 3.04. The Morgan fingerprint density at radius 1 is 1.26 bits per heavy atom.